The van der Waals surface area contributed by atoms with Crippen molar-refractivity contribution in [3.8, 4) is 0 Å². The second kappa shape index (κ2) is 22.6. The molecule has 1 aliphatic rings. The van der Waals surface area contributed by atoms with Gasteiger partial charge in [-0.25, -0.2) is 0 Å². The monoisotopic (exact) mass is 884 g/mol. The zero-order valence-electron chi connectivity index (χ0n) is 36.9. The summed E-state index contributed by atoms with van der Waals surface area (Å²) in [6.07, 6.45) is 7.47. The molecule has 0 aliphatic carbocycles. The van der Waals surface area contributed by atoms with E-state index in [1.54, 1.807) is 25.5 Å². The highest BCUT2D eigenvalue weighted by Crippen LogP contribution is 2.25. The largest absolute Gasteiger partial charge is 0.368 e. The number of ketones is 1. The SMILES string of the molecule is Cc1[nH]c2ccccc2c1C[C@@H](NC(=O)[C@@H](N)CC1=CN=CC1)C(=O)C[C@@H](C)C(=O)N[C@@H](Cc1c[nH]c2ccccc12)C(=O)N[C@H](Cc1ccccc1)C(=O)N[C@@H](CCCCN)C(N)=O. The summed E-state index contributed by atoms with van der Waals surface area (Å²) < 4.78 is 0. The van der Waals surface area contributed by atoms with Gasteiger partial charge in [-0.1, -0.05) is 73.7 Å². The van der Waals surface area contributed by atoms with Crippen molar-refractivity contribution < 1.29 is 28.8 Å². The summed E-state index contributed by atoms with van der Waals surface area (Å²) in [4.78, 5) is 93.6. The Balaban J connectivity index is 1.23. The molecule has 0 bridgehead atoms. The number of nitrogens with zero attached hydrogens (tertiary/aromatic N) is 1. The van der Waals surface area contributed by atoms with E-state index in [4.69, 9.17) is 17.2 Å². The first-order chi connectivity index (χ1) is 31.3. The van der Waals surface area contributed by atoms with Crippen molar-refractivity contribution in [3.05, 3.63) is 119 Å². The number of Topliss-reactive ketones (excluding diaryl/α,β-unsaturated/α-hetero) is 1. The van der Waals surface area contributed by atoms with Crippen LogP contribution < -0.4 is 38.5 Å². The molecule has 0 saturated carbocycles. The number of para-hydroxylation sites is 2. The number of unbranched alkanes of at least 4 members (excludes halogenated alkanes) is 1. The molecule has 12 N–H and O–H groups in total. The Kier molecular flexibility index (Phi) is 16.6. The number of hydrogen-bond donors (Lipinski definition) is 9. The number of carbonyl (C=O) groups excluding carboxylic acids is 6. The van der Waals surface area contributed by atoms with Gasteiger partial charge in [0.2, 0.25) is 29.5 Å². The summed E-state index contributed by atoms with van der Waals surface area (Å²) in [6, 6.07) is 19.0. The lowest BCUT2D eigenvalue weighted by molar-refractivity contribution is -0.135. The van der Waals surface area contributed by atoms with E-state index >= 15 is 0 Å². The summed E-state index contributed by atoms with van der Waals surface area (Å²) in [5.41, 5.74) is 23.4. The molecule has 0 unspecified atom stereocenters. The predicted octanol–water partition coefficient (Wildman–Crippen LogP) is 3.21. The minimum absolute atomic E-state index is 0.0306. The van der Waals surface area contributed by atoms with Gasteiger partial charge in [0.1, 0.15) is 18.1 Å². The maximum Gasteiger partial charge on any atom is 0.243 e. The highest BCUT2D eigenvalue weighted by molar-refractivity contribution is 5.97. The fourth-order valence-electron chi connectivity index (χ4n) is 8.18. The van der Waals surface area contributed by atoms with Gasteiger partial charge in [-0.15, -0.1) is 0 Å². The number of primary amides is 1. The number of aliphatic imine (C=N–C) groups is 1. The fourth-order valence-corrected chi connectivity index (χ4v) is 8.18. The summed E-state index contributed by atoms with van der Waals surface area (Å²) in [5, 5.41) is 13.1. The van der Waals surface area contributed by atoms with Crippen molar-refractivity contribution >= 4 is 63.3 Å². The quantitative estimate of drug-likeness (QED) is 0.0414. The van der Waals surface area contributed by atoms with Crippen LogP contribution in [0.25, 0.3) is 21.8 Å². The van der Waals surface area contributed by atoms with E-state index in [0.29, 0.717) is 25.8 Å². The highest BCUT2D eigenvalue weighted by atomic mass is 16.2. The number of nitrogens with two attached hydrogens (primary N) is 3. The number of rotatable bonds is 24. The number of fused-ring (bicyclic) bond motifs is 2. The molecule has 0 saturated heterocycles. The zero-order chi connectivity index (χ0) is 46.5. The predicted molar refractivity (Wildman–Crippen MR) is 251 cm³/mol. The molecule has 5 amide bonds. The molecule has 0 radical (unpaired) electrons. The first-order valence-electron chi connectivity index (χ1n) is 22.1. The minimum Gasteiger partial charge on any atom is -0.368 e. The molecule has 65 heavy (non-hydrogen) atoms. The molecule has 0 fully saturated rings. The molecule has 1 aliphatic heterocycles. The van der Waals surface area contributed by atoms with Gasteiger partial charge in [-0.3, -0.25) is 33.8 Å². The van der Waals surface area contributed by atoms with Crippen molar-refractivity contribution in [1.29, 1.82) is 0 Å². The molecule has 3 heterocycles. The molecular formula is C49H60N10O6. The Morgan fingerprint density at radius 3 is 2.03 bits per heavy atom. The molecule has 5 aromatic rings. The minimum atomic E-state index is -1.21. The number of aryl methyl sites for hydroxylation is 1. The second-order valence-electron chi connectivity index (χ2n) is 16.9. The number of hydrogen-bond acceptors (Lipinski definition) is 9. The van der Waals surface area contributed by atoms with Gasteiger partial charge in [0.15, 0.2) is 5.78 Å². The van der Waals surface area contributed by atoms with Crippen molar-refractivity contribution in [3.63, 3.8) is 0 Å². The van der Waals surface area contributed by atoms with Gasteiger partial charge in [0.25, 0.3) is 0 Å². The average Bonchev–Trinajstić information content (AvgIpc) is 4.04. The lowest BCUT2D eigenvalue weighted by Crippen LogP contribution is -2.57. The molecule has 6 atom stereocenters. The van der Waals surface area contributed by atoms with E-state index in [1.807, 2.05) is 85.8 Å². The van der Waals surface area contributed by atoms with E-state index in [1.165, 1.54) is 0 Å². The standard InChI is InChI=1S/C49H60N10O6/c1-29(22-44(60)41(57-47(63)37(51)23-32-19-21-53-27-32)26-36-30(2)55-39-17-9-7-15-35(36)39)46(62)58-43(25-33-28-54-38-16-8-6-14-34(33)38)49(65)59-42(24-31-12-4-3-5-13-31)48(64)56-40(45(52)61)18-10-11-20-50/h3-9,12-17,21,27-29,37,40-43,54-55H,10-11,18-20,22-26,50-51H2,1-2H3,(H2,52,61)(H,56,64)(H,57,63)(H,58,62)(H,59,65)/t29-,37+,40+,41-,42-,43+/m1/s1. The van der Waals surface area contributed by atoms with E-state index in [-0.39, 0.29) is 38.5 Å². The lowest BCUT2D eigenvalue weighted by atomic mass is 9.93. The second-order valence-corrected chi connectivity index (χ2v) is 16.9. The number of benzene rings is 3. The Labute approximate surface area is 378 Å². The molecule has 3 aromatic carbocycles. The van der Waals surface area contributed by atoms with Gasteiger partial charge in [-0.05, 0) is 73.5 Å². The third kappa shape index (κ3) is 12.9. The summed E-state index contributed by atoms with van der Waals surface area (Å²) in [5.74, 6) is -4.44. The van der Waals surface area contributed by atoms with Gasteiger partial charge in [-0.2, -0.15) is 0 Å². The van der Waals surface area contributed by atoms with Crippen molar-refractivity contribution in [1.82, 2.24) is 31.2 Å². The number of aromatic amines is 2. The number of carbonyl (C=O) groups is 6. The molecule has 342 valence electrons. The number of nitrogens with one attached hydrogen (secondary N) is 6. The Hall–Kier alpha value is -6.91. The van der Waals surface area contributed by atoms with E-state index < -0.39 is 71.4 Å². The van der Waals surface area contributed by atoms with Crippen molar-refractivity contribution in [2.45, 2.75) is 102 Å². The molecular weight excluding hydrogens is 825 g/mol. The van der Waals surface area contributed by atoms with Crippen LogP contribution in [0.1, 0.15) is 67.8 Å². The van der Waals surface area contributed by atoms with Gasteiger partial charge >= 0.3 is 0 Å². The smallest absolute Gasteiger partial charge is 0.243 e. The highest BCUT2D eigenvalue weighted by Gasteiger charge is 2.33. The Bertz CT molecular complexity index is 2550. The van der Waals surface area contributed by atoms with Gasteiger partial charge in [0, 0.05) is 84.1 Å². The molecule has 6 rings (SSSR count). The summed E-state index contributed by atoms with van der Waals surface area (Å²) >= 11 is 0. The van der Waals surface area contributed by atoms with Crippen LogP contribution in [0.5, 0.6) is 0 Å². The third-order valence-electron chi connectivity index (χ3n) is 11.9. The molecule has 16 nitrogen and oxygen atoms in total. The topological polar surface area (TPSA) is 273 Å². The normalized spacial score (nSPS) is 15.0. The summed E-state index contributed by atoms with van der Waals surface area (Å²) in [6.45, 7) is 3.90. The maximum absolute atomic E-state index is 14.5. The summed E-state index contributed by atoms with van der Waals surface area (Å²) in [7, 11) is 0. The molecule has 0 spiro atoms. The zero-order valence-corrected chi connectivity index (χ0v) is 36.9. The molecule has 2 aromatic heterocycles. The van der Waals surface area contributed by atoms with Crippen LogP contribution in [0, 0.1) is 12.8 Å². The van der Waals surface area contributed by atoms with Crippen LogP contribution >= 0.6 is 0 Å². The first-order valence-corrected chi connectivity index (χ1v) is 22.1. The maximum atomic E-state index is 14.5. The third-order valence-corrected chi connectivity index (χ3v) is 11.9. The van der Waals surface area contributed by atoms with Crippen LogP contribution in [0.4, 0.5) is 0 Å². The van der Waals surface area contributed by atoms with Crippen molar-refractivity contribution in [2.75, 3.05) is 6.54 Å². The first kappa shape index (κ1) is 47.6. The van der Waals surface area contributed by atoms with Crippen LogP contribution in [0.3, 0.4) is 0 Å². The van der Waals surface area contributed by atoms with Crippen LogP contribution in [0.2, 0.25) is 0 Å². The van der Waals surface area contributed by atoms with E-state index in [9.17, 15) is 28.8 Å². The lowest BCUT2D eigenvalue weighted by Gasteiger charge is -2.26. The van der Waals surface area contributed by atoms with Crippen molar-refractivity contribution in [2.24, 2.45) is 28.1 Å². The van der Waals surface area contributed by atoms with Gasteiger partial charge < -0.3 is 48.4 Å². The van der Waals surface area contributed by atoms with Gasteiger partial charge in [0.05, 0.1) is 12.1 Å². The number of H-pyrrole nitrogens is 2. The number of aromatic nitrogens is 2. The Morgan fingerprint density at radius 2 is 1.34 bits per heavy atom. The van der Waals surface area contributed by atoms with Crippen LogP contribution in [0.15, 0.2) is 102 Å². The van der Waals surface area contributed by atoms with E-state index in [0.717, 1.165) is 49.8 Å². The number of amides is 5. The van der Waals surface area contributed by atoms with E-state index in [2.05, 4.69) is 36.2 Å². The average molecular weight is 885 g/mol. The van der Waals surface area contributed by atoms with Crippen LogP contribution in [-0.4, -0.2) is 88.3 Å². The van der Waals surface area contributed by atoms with Crippen LogP contribution in [-0.2, 0) is 48.0 Å². The fraction of sp³-hybridized carbons (Fsp3) is 0.367. The molecule has 16 heteroatoms. The Morgan fingerprint density at radius 1 is 0.708 bits per heavy atom.